The normalized spacial score (nSPS) is 10.3. The summed E-state index contributed by atoms with van der Waals surface area (Å²) in [5.74, 6) is 0.660. The Hall–Kier alpha value is -1.88. The van der Waals surface area contributed by atoms with E-state index in [4.69, 9.17) is 0 Å². The van der Waals surface area contributed by atoms with Crippen molar-refractivity contribution in [2.75, 3.05) is 12.4 Å². The molecule has 1 amide bonds. The summed E-state index contributed by atoms with van der Waals surface area (Å²) in [5.41, 5.74) is 2.78. The Morgan fingerprint density at radius 3 is 2.80 bits per heavy atom. The fourth-order valence-corrected chi connectivity index (χ4v) is 2.72. The molecule has 2 aromatic rings. The molecule has 0 radical (unpaired) electrons. The molecule has 5 heteroatoms. The predicted molar refractivity (Wildman–Crippen MR) is 83.4 cm³/mol. The Balaban J connectivity index is 2.10. The van der Waals surface area contributed by atoms with Crippen LogP contribution in [0.5, 0.6) is 0 Å². The van der Waals surface area contributed by atoms with E-state index in [1.165, 1.54) is 10.4 Å². The van der Waals surface area contributed by atoms with Gasteiger partial charge >= 0.3 is 0 Å². The van der Waals surface area contributed by atoms with Gasteiger partial charge in [0.25, 0.3) is 5.91 Å². The van der Waals surface area contributed by atoms with E-state index in [2.05, 4.69) is 28.6 Å². The first-order valence-corrected chi connectivity index (χ1v) is 7.52. The van der Waals surface area contributed by atoms with Crippen LogP contribution < -0.4 is 10.6 Å². The summed E-state index contributed by atoms with van der Waals surface area (Å²) in [7, 11) is 1.80. The van der Waals surface area contributed by atoms with Crippen LogP contribution in [0.3, 0.4) is 0 Å². The van der Waals surface area contributed by atoms with Gasteiger partial charge in [-0.3, -0.25) is 4.79 Å². The van der Waals surface area contributed by atoms with Gasteiger partial charge in [0, 0.05) is 23.2 Å². The van der Waals surface area contributed by atoms with Gasteiger partial charge in [0.15, 0.2) is 0 Å². The summed E-state index contributed by atoms with van der Waals surface area (Å²) in [6, 6.07) is 5.68. The molecule has 20 heavy (non-hydrogen) atoms. The molecular formula is C15H19N3OS. The average Bonchev–Trinajstić information content (AvgIpc) is 2.89. The largest absolute Gasteiger partial charge is 0.373 e. The molecule has 0 aliphatic heterocycles. The van der Waals surface area contributed by atoms with Crippen LogP contribution in [0.4, 0.5) is 5.82 Å². The summed E-state index contributed by atoms with van der Waals surface area (Å²) in [4.78, 5) is 17.8. The molecule has 0 aliphatic rings. The molecule has 0 aromatic carbocycles. The highest BCUT2D eigenvalue weighted by atomic mass is 32.1. The minimum Gasteiger partial charge on any atom is -0.373 e. The molecule has 0 aliphatic carbocycles. The van der Waals surface area contributed by atoms with Gasteiger partial charge in [-0.1, -0.05) is 6.92 Å². The van der Waals surface area contributed by atoms with Crippen LogP contribution in [-0.2, 0) is 13.0 Å². The zero-order valence-electron chi connectivity index (χ0n) is 12.0. The number of rotatable bonds is 5. The lowest BCUT2D eigenvalue weighted by atomic mass is 10.1. The highest BCUT2D eigenvalue weighted by Crippen LogP contribution is 2.16. The number of thiophene rings is 1. The molecule has 106 valence electrons. The van der Waals surface area contributed by atoms with Gasteiger partial charge in [0.1, 0.15) is 5.82 Å². The van der Waals surface area contributed by atoms with E-state index in [1.54, 1.807) is 24.5 Å². The molecule has 2 aromatic heterocycles. The zero-order valence-corrected chi connectivity index (χ0v) is 12.8. The van der Waals surface area contributed by atoms with E-state index in [1.807, 2.05) is 18.4 Å². The third kappa shape index (κ3) is 3.36. The molecule has 2 heterocycles. The monoisotopic (exact) mass is 289 g/mol. The summed E-state index contributed by atoms with van der Waals surface area (Å²) in [6.45, 7) is 4.65. The second kappa shape index (κ2) is 6.52. The lowest BCUT2D eigenvalue weighted by molar-refractivity contribution is 0.0951. The van der Waals surface area contributed by atoms with E-state index in [0.717, 1.165) is 17.9 Å². The second-order valence-corrected chi connectivity index (χ2v) is 5.55. The molecule has 0 bridgehead atoms. The number of hydrogen-bond donors (Lipinski definition) is 2. The predicted octanol–water partition coefficient (Wildman–Crippen LogP) is 2.99. The van der Waals surface area contributed by atoms with Gasteiger partial charge in [-0.05, 0) is 42.5 Å². The molecule has 0 saturated heterocycles. The Morgan fingerprint density at radius 2 is 2.20 bits per heavy atom. The molecule has 2 N–H and O–H groups in total. The first-order chi connectivity index (χ1) is 9.63. The Kier molecular flexibility index (Phi) is 4.74. The number of carbonyl (C=O) groups is 1. The van der Waals surface area contributed by atoms with E-state index in [-0.39, 0.29) is 5.91 Å². The number of aromatic nitrogens is 1. The topological polar surface area (TPSA) is 54.0 Å². The average molecular weight is 289 g/mol. The molecule has 0 saturated carbocycles. The molecule has 0 spiro atoms. The Morgan fingerprint density at radius 1 is 1.40 bits per heavy atom. The highest BCUT2D eigenvalue weighted by Gasteiger charge is 2.10. The molecule has 4 nitrogen and oxygen atoms in total. The molecule has 2 rings (SSSR count). The SMILES string of the molecule is CCc1cc(C(=O)NCc2sccc2C)cc(NC)n1. The number of aryl methyl sites for hydroxylation is 2. The van der Waals surface area contributed by atoms with Crippen molar-refractivity contribution in [2.45, 2.75) is 26.8 Å². The number of nitrogens with one attached hydrogen (secondary N) is 2. The minimum atomic E-state index is -0.0635. The number of hydrogen-bond acceptors (Lipinski definition) is 4. The van der Waals surface area contributed by atoms with Crippen molar-refractivity contribution in [1.29, 1.82) is 0 Å². The van der Waals surface area contributed by atoms with Gasteiger partial charge in [-0.15, -0.1) is 11.3 Å². The van der Waals surface area contributed by atoms with Crippen molar-refractivity contribution < 1.29 is 4.79 Å². The quantitative estimate of drug-likeness (QED) is 0.889. The minimum absolute atomic E-state index is 0.0635. The van der Waals surface area contributed by atoms with Crippen molar-refractivity contribution in [2.24, 2.45) is 0 Å². The van der Waals surface area contributed by atoms with Crippen molar-refractivity contribution >= 4 is 23.1 Å². The standard InChI is InChI=1S/C15H19N3OS/c1-4-12-7-11(8-14(16-3)18-12)15(19)17-9-13-10(2)5-6-20-13/h5-8H,4,9H2,1-3H3,(H,16,18)(H,17,19). The van der Waals surface area contributed by atoms with Crippen molar-refractivity contribution in [3.8, 4) is 0 Å². The summed E-state index contributed by atoms with van der Waals surface area (Å²) in [6.07, 6.45) is 0.805. The smallest absolute Gasteiger partial charge is 0.251 e. The lowest BCUT2D eigenvalue weighted by Gasteiger charge is -2.08. The first-order valence-electron chi connectivity index (χ1n) is 6.64. The maximum atomic E-state index is 12.2. The summed E-state index contributed by atoms with van der Waals surface area (Å²) in [5, 5.41) is 7.99. The van der Waals surface area contributed by atoms with Crippen molar-refractivity contribution in [1.82, 2.24) is 10.3 Å². The van der Waals surface area contributed by atoms with Gasteiger partial charge < -0.3 is 10.6 Å². The molecule has 0 unspecified atom stereocenters. The van der Waals surface area contributed by atoms with Crippen LogP contribution in [0, 0.1) is 6.92 Å². The van der Waals surface area contributed by atoms with E-state index >= 15 is 0 Å². The fourth-order valence-electron chi connectivity index (χ4n) is 1.88. The fraction of sp³-hybridized carbons (Fsp3) is 0.333. The van der Waals surface area contributed by atoms with Crippen LogP contribution in [0.25, 0.3) is 0 Å². The lowest BCUT2D eigenvalue weighted by Crippen LogP contribution is -2.23. The van der Waals surface area contributed by atoms with Crippen LogP contribution in [0.2, 0.25) is 0 Å². The van der Waals surface area contributed by atoms with Crippen LogP contribution in [0.1, 0.15) is 33.4 Å². The number of anilines is 1. The van der Waals surface area contributed by atoms with Crippen LogP contribution in [0.15, 0.2) is 23.6 Å². The van der Waals surface area contributed by atoms with Gasteiger partial charge in [0.2, 0.25) is 0 Å². The third-order valence-corrected chi connectivity index (χ3v) is 4.16. The zero-order chi connectivity index (χ0) is 14.5. The maximum absolute atomic E-state index is 12.2. The first kappa shape index (κ1) is 14.5. The number of pyridine rings is 1. The number of carbonyl (C=O) groups excluding carboxylic acids is 1. The maximum Gasteiger partial charge on any atom is 0.251 e. The summed E-state index contributed by atoms with van der Waals surface area (Å²) >= 11 is 1.66. The number of amides is 1. The van der Waals surface area contributed by atoms with Gasteiger partial charge in [0.05, 0.1) is 6.54 Å². The molecule has 0 atom stereocenters. The highest BCUT2D eigenvalue weighted by molar-refractivity contribution is 7.10. The van der Waals surface area contributed by atoms with E-state index in [9.17, 15) is 4.79 Å². The molecule has 0 fully saturated rings. The third-order valence-electron chi connectivity index (χ3n) is 3.14. The molecular weight excluding hydrogens is 270 g/mol. The second-order valence-electron chi connectivity index (χ2n) is 4.55. The van der Waals surface area contributed by atoms with Gasteiger partial charge in [-0.25, -0.2) is 4.98 Å². The summed E-state index contributed by atoms with van der Waals surface area (Å²) < 4.78 is 0. The van der Waals surface area contributed by atoms with Crippen LogP contribution in [-0.4, -0.2) is 17.9 Å². The Labute approximate surface area is 123 Å². The van der Waals surface area contributed by atoms with E-state index < -0.39 is 0 Å². The van der Waals surface area contributed by atoms with E-state index in [0.29, 0.717) is 12.1 Å². The van der Waals surface area contributed by atoms with Crippen molar-refractivity contribution in [3.05, 3.63) is 45.3 Å². The van der Waals surface area contributed by atoms with Crippen molar-refractivity contribution in [3.63, 3.8) is 0 Å². The Bertz CT molecular complexity index is 585. The van der Waals surface area contributed by atoms with Gasteiger partial charge in [-0.2, -0.15) is 0 Å². The number of nitrogens with zero attached hydrogens (tertiary/aromatic N) is 1. The van der Waals surface area contributed by atoms with Crippen LogP contribution >= 0.6 is 11.3 Å².